The third kappa shape index (κ3) is 3.24. The Bertz CT molecular complexity index is 589. The van der Waals surface area contributed by atoms with E-state index in [2.05, 4.69) is 21.2 Å². The van der Waals surface area contributed by atoms with Gasteiger partial charge < -0.3 is 5.32 Å². The third-order valence-electron chi connectivity index (χ3n) is 2.96. The van der Waals surface area contributed by atoms with Gasteiger partial charge in [0.25, 0.3) is 0 Å². The molecule has 1 unspecified atom stereocenters. The summed E-state index contributed by atoms with van der Waals surface area (Å²) in [6.07, 6.45) is -4.30. The summed E-state index contributed by atoms with van der Waals surface area (Å²) in [4.78, 5) is 2.21. The van der Waals surface area contributed by atoms with Crippen molar-refractivity contribution in [2.45, 2.75) is 19.1 Å². The van der Waals surface area contributed by atoms with Crippen molar-refractivity contribution in [3.63, 3.8) is 0 Å². The van der Waals surface area contributed by atoms with Crippen molar-refractivity contribution < 1.29 is 13.2 Å². The maximum atomic E-state index is 12.6. The first kappa shape index (κ1) is 15.5. The van der Waals surface area contributed by atoms with Crippen LogP contribution in [0.15, 0.2) is 34.8 Å². The summed E-state index contributed by atoms with van der Waals surface area (Å²) in [5.41, 5.74) is 0.181. The molecule has 0 amide bonds. The highest BCUT2D eigenvalue weighted by Gasteiger charge is 2.30. The summed E-state index contributed by atoms with van der Waals surface area (Å²) in [7, 11) is 1.80. The number of thiophene rings is 1. The molecule has 0 fully saturated rings. The average Bonchev–Trinajstić information content (AvgIpc) is 2.69. The largest absolute Gasteiger partial charge is 0.416 e. The van der Waals surface area contributed by atoms with Gasteiger partial charge in [-0.15, -0.1) is 11.3 Å². The Morgan fingerprint density at radius 3 is 2.20 bits per heavy atom. The molecule has 1 N–H and O–H groups in total. The van der Waals surface area contributed by atoms with E-state index < -0.39 is 11.7 Å². The van der Waals surface area contributed by atoms with Crippen LogP contribution in [-0.4, -0.2) is 7.05 Å². The van der Waals surface area contributed by atoms with Crippen molar-refractivity contribution in [3.8, 4) is 0 Å². The molecule has 2 aromatic rings. The van der Waals surface area contributed by atoms with Crippen molar-refractivity contribution in [1.82, 2.24) is 5.32 Å². The maximum Gasteiger partial charge on any atom is 0.416 e. The summed E-state index contributed by atoms with van der Waals surface area (Å²) in [5, 5.41) is 3.15. The van der Waals surface area contributed by atoms with E-state index in [-0.39, 0.29) is 6.04 Å². The first-order chi connectivity index (χ1) is 9.32. The molecule has 1 atom stereocenters. The number of alkyl halides is 3. The second-order valence-electron chi connectivity index (χ2n) is 4.41. The molecule has 108 valence electrons. The normalized spacial score (nSPS) is 13.5. The highest BCUT2D eigenvalue weighted by atomic mass is 79.9. The van der Waals surface area contributed by atoms with Crippen LogP contribution in [-0.2, 0) is 6.18 Å². The van der Waals surface area contributed by atoms with Crippen molar-refractivity contribution in [2.24, 2.45) is 0 Å². The number of halogens is 4. The topological polar surface area (TPSA) is 12.0 Å². The molecule has 0 aliphatic heterocycles. The van der Waals surface area contributed by atoms with E-state index in [9.17, 15) is 13.2 Å². The highest BCUT2D eigenvalue weighted by molar-refractivity contribution is 9.10. The Labute approximate surface area is 128 Å². The summed E-state index contributed by atoms with van der Waals surface area (Å²) in [6, 6.07) is 7.17. The second kappa shape index (κ2) is 5.87. The Balaban J connectivity index is 2.35. The van der Waals surface area contributed by atoms with Crippen LogP contribution in [0.25, 0.3) is 0 Å². The lowest BCUT2D eigenvalue weighted by Gasteiger charge is -2.17. The molecule has 1 nitrogen and oxygen atoms in total. The van der Waals surface area contributed by atoms with Gasteiger partial charge in [-0.25, -0.2) is 0 Å². The van der Waals surface area contributed by atoms with Gasteiger partial charge in [0.15, 0.2) is 0 Å². The number of rotatable bonds is 3. The standard InChI is InChI=1S/C14H13BrF3NS/c1-8-7-11(15)13(20-8)12(19-2)9-3-5-10(6-4-9)14(16,17)18/h3-7,12,19H,1-2H3. The van der Waals surface area contributed by atoms with Crippen LogP contribution in [0.3, 0.4) is 0 Å². The molecule has 0 aliphatic carbocycles. The van der Waals surface area contributed by atoms with Gasteiger partial charge >= 0.3 is 6.18 Å². The molecule has 2 rings (SSSR count). The molecule has 1 heterocycles. The van der Waals surface area contributed by atoms with Crippen molar-refractivity contribution in [2.75, 3.05) is 7.05 Å². The molecular formula is C14H13BrF3NS. The van der Waals surface area contributed by atoms with Crippen LogP contribution in [0.4, 0.5) is 13.2 Å². The van der Waals surface area contributed by atoms with Crippen molar-refractivity contribution in [3.05, 3.63) is 55.7 Å². The smallest absolute Gasteiger partial charge is 0.309 e. The van der Waals surface area contributed by atoms with Gasteiger partial charge in [-0.2, -0.15) is 13.2 Å². The number of aryl methyl sites for hydroxylation is 1. The minimum absolute atomic E-state index is 0.120. The van der Waals surface area contributed by atoms with Crippen LogP contribution >= 0.6 is 27.3 Å². The van der Waals surface area contributed by atoms with E-state index in [0.29, 0.717) is 0 Å². The predicted octanol–water partition coefficient (Wildman–Crippen LogP) is 5.15. The van der Waals surface area contributed by atoms with Crippen molar-refractivity contribution in [1.29, 1.82) is 0 Å². The van der Waals surface area contributed by atoms with E-state index in [4.69, 9.17) is 0 Å². The lowest BCUT2D eigenvalue weighted by molar-refractivity contribution is -0.137. The van der Waals surface area contributed by atoms with Gasteiger partial charge in [-0.05, 0) is 53.7 Å². The minimum atomic E-state index is -4.30. The minimum Gasteiger partial charge on any atom is -0.309 e. The summed E-state index contributed by atoms with van der Waals surface area (Å²) >= 11 is 5.11. The Morgan fingerprint density at radius 2 is 1.80 bits per heavy atom. The zero-order valence-electron chi connectivity index (χ0n) is 10.9. The first-order valence-electron chi connectivity index (χ1n) is 5.93. The van der Waals surface area contributed by atoms with Crippen LogP contribution in [0.5, 0.6) is 0 Å². The van der Waals surface area contributed by atoms with Gasteiger partial charge in [-0.1, -0.05) is 12.1 Å². The molecule has 6 heteroatoms. The average molecular weight is 364 g/mol. The number of nitrogens with one attached hydrogen (secondary N) is 1. The van der Waals surface area contributed by atoms with Gasteiger partial charge in [0.1, 0.15) is 0 Å². The molecule has 1 aromatic carbocycles. The first-order valence-corrected chi connectivity index (χ1v) is 7.54. The van der Waals surface area contributed by atoms with Crippen LogP contribution in [0.1, 0.15) is 26.9 Å². The van der Waals surface area contributed by atoms with Crippen LogP contribution in [0.2, 0.25) is 0 Å². The fraction of sp³-hybridized carbons (Fsp3) is 0.286. The van der Waals surface area contributed by atoms with Crippen LogP contribution in [0, 0.1) is 6.92 Å². The Morgan fingerprint density at radius 1 is 1.20 bits per heavy atom. The van der Waals surface area contributed by atoms with Gasteiger partial charge in [0.05, 0.1) is 11.6 Å². The molecule has 1 aromatic heterocycles. The van der Waals surface area contributed by atoms with E-state index >= 15 is 0 Å². The maximum absolute atomic E-state index is 12.6. The van der Waals surface area contributed by atoms with Crippen molar-refractivity contribution >= 4 is 27.3 Å². The Hall–Kier alpha value is -0.850. The zero-order valence-corrected chi connectivity index (χ0v) is 13.3. The highest BCUT2D eigenvalue weighted by Crippen LogP contribution is 2.36. The lowest BCUT2D eigenvalue weighted by atomic mass is 10.0. The third-order valence-corrected chi connectivity index (χ3v) is 4.99. The quantitative estimate of drug-likeness (QED) is 0.795. The fourth-order valence-corrected chi connectivity index (χ4v) is 4.03. The van der Waals surface area contributed by atoms with E-state index in [0.717, 1.165) is 31.9 Å². The number of hydrogen-bond donors (Lipinski definition) is 1. The molecule has 0 spiro atoms. The van der Waals surface area contributed by atoms with E-state index in [1.54, 1.807) is 18.4 Å². The predicted molar refractivity (Wildman–Crippen MR) is 79.1 cm³/mol. The Kier molecular flexibility index (Phi) is 4.56. The molecule has 0 bridgehead atoms. The monoisotopic (exact) mass is 363 g/mol. The van der Waals surface area contributed by atoms with E-state index in [1.165, 1.54) is 12.1 Å². The zero-order chi connectivity index (χ0) is 14.9. The number of hydrogen-bond acceptors (Lipinski definition) is 2. The fourth-order valence-electron chi connectivity index (χ4n) is 2.01. The SMILES string of the molecule is CNC(c1ccc(C(F)(F)F)cc1)c1sc(C)cc1Br. The van der Waals surface area contributed by atoms with Gasteiger partial charge in [0, 0.05) is 14.2 Å². The van der Waals surface area contributed by atoms with Gasteiger partial charge in [-0.3, -0.25) is 0 Å². The molecule has 0 saturated carbocycles. The second-order valence-corrected chi connectivity index (χ2v) is 6.55. The summed E-state index contributed by atoms with van der Waals surface area (Å²) < 4.78 is 38.7. The molecular weight excluding hydrogens is 351 g/mol. The van der Waals surface area contributed by atoms with E-state index in [1.807, 2.05) is 13.0 Å². The lowest BCUT2D eigenvalue weighted by Crippen LogP contribution is -2.17. The molecule has 0 aliphatic rings. The number of benzene rings is 1. The molecule has 0 saturated heterocycles. The van der Waals surface area contributed by atoms with Gasteiger partial charge in [0.2, 0.25) is 0 Å². The summed E-state index contributed by atoms with van der Waals surface area (Å²) in [5.74, 6) is 0. The summed E-state index contributed by atoms with van der Waals surface area (Å²) in [6.45, 7) is 2.00. The molecule has 0 radical (unpaired) electrons. The van der Waals surface area contributed by atoms with Crippen LogP contribution < -0.4 is 5.32 Å². The molecule has 20 heavy (non-hydrogen) atoms.